The number of nitrogens with two attached hydrogens (primary N) is 1. The Morgan fingerprint density at radius 3 is 2.20 bits per heavy atom. The van der Waals surface area contributed by atoms with Crippen LogP contribution < -0.4 is 5.73 Å². The highest BCUT2D eigenvalue weighted by Crippen LogP contribution is 2.22. The summed E-state index contributed by atoms with van der Waals surface area (Å²) in [7, 11) is 0. The predicted octanol–water partition coefficient (Wildman–Crippen LogP) is 4.40. The van der Waals surface area contributed by atoms with Gasteiger partial charge in [0.15, 0.2) is 0 Å². The summed E-state index contributed by atoms with van der Waals surface area (Å²) in [5.74, 6) is 0.992. The second kappa shape index (κ2) is 6.71. The van der Waals surface area contributed by atoms with E-state index in [1.807, 2.05) is 0 Å². The van der Waals surface area contributed by atoms with Crippen molar-refractivity contribution >= 4 is 0 Å². The Labute approximate surface area is 122 Å². The van der Waals surface area contributed by atoms with Crippen LogP contribution in [0.3, 0.4) is 0 Å². The zero-order valence-corrected chi connectivity index (χ0v) is 12.8. The van der Waals surface area contributed by atoms with Crippen LogP contribution in [0.2, 0.25) is 0 Å². The first-order chi connectivity index (χ1) is 9.60. The van der Waals surface area contributed by atoms with E-state index in [0.717, 1.165) is 6.42 Å². The average Bonchev–Trinajstić information content (AvgIpc) is 2.45. The molecule has 0 amide bonds. The van der Waals surface area contributed by atoms with Crippen LogP contribution in [-0.2, 0) is 6.42 Å². The minimum Gasteiger partial charge on any atom is -0.330 e. The smallest absolute Gasteiger partial charge is 0.000167 e. The maximum atomic E-state index is 5.98. The molecule has 0 fully saturated rings. The third-order valence-electron chi connectivity index (χ3n) is 3.93. The molecule has 0 radical (unpaired) electrons. The summed E-state index contributed by atoms with van der Waals surface area (Å²) in [4.78, 5) is 0. The van der Waals surface area contributed by atoms with Crippen molar-refractivity contribution in [3.8, 4) is 0 Å². The van der Waals surface area contributed by atoms with Crippen molar-refractivity contribution < 1.29 is 0 Å². The van der Waals surface area contributed by atoms with E-state index in [1.165, 1.54) is 22.3 Å². The first-order valence-electron chi connectivity index (χ1n) is 7.45. The topological polar surface area (TPSA) is 26.0 Å². The van der Waals surface area contributed by atoms with Crippen molar-refractivity contribution in [2.24, 2.45) is 5.73 Å². The van der Waals surface area contributed by atoms with Gasteiger partial charge in [-0.25, -0.2) is 0 Å². The molecule has 2 N–H and O–H groups in total. The lowest BCUT2D eigenvalue weighted by molar-refractivity contribution is 0.693. The van der Waals surface area contributed by atoms with Gasteiger partial charge in [-0.15, -0.1) is 0 Å². The molecule has 0 spiro atoms. The number of aryl methyl sites for hydroxylation is 1. The average molecular weight is 267 g/mol. The molecule has 0 aliphatic heterocycles. The van der Waals surface area contributed by atoms with Crippen molar-refractivity contribution in [2.75, 3.05) is 6.54 Å². The van der Waals surface area contributed by atoms with Gasteiger partial charge >= 0.3 is 0 Å². The molecule has 1 heteroatoms. The van der Waals surface area contributed by atoms with Gasteiger partial charge < -0.3 is 5.73 Å². The molecule has 1 atom stereocenters. The Morgan fingerprint density at radius 2 is 1.65 bits per heavy atom. The maximum Gasteiger partial charge on any atom is 0.000167 e. The molecule has 2 aromatic rings. The molecule has 1 unspecified atom stereocenters. The Morgan fingerprint density at radius 1 is 0.950 bits per heavy atom. The molecule has 2 rings (SSSR count). The molecule has 0 bridgehead atoms. The first-order valence-corrected chi connectivity index (χ1v) is 7.45. The second-order valence-electron chi connectivity index (χ2n) is 5.95. The fraction of sp³-hybridized carbons (Fsp3) is 0.368. The van der Waals surface area contributed by atoms with Gasteiger partial charge in [-0.3, -0.25) is 0 Å². The minimum absolute atomic E-state index is 0.403. The predicted molar refractivity (Wildman–Crippen MR) is 87.2 cm³/mol. The molecular weight excluding hydrogens is 242 g/mol. The fourth-order valence-electron chi connectivity index (χ4n) is 2.58. The summed E-state index contributed by atoms with van der Waals surface area (Å²) in [5, 5.41) is 0. The second-order valence-corrected chi connectivity index (χ2v) is 5.95. The SMILES string of the molecule is Cc1cccc(C(CN)Cc2ccc(C(C)C)cc2)c1. The molecule has 0 saturated heterocycles. The van der Waals surface area contributed by atoms with E-state index in [2.05, 4.69) is 69.3 Å². The Balaban J connectivity index is 2.14. The lowest BCUT2D eigenvalue weighted by Gasteiger charge is -2.16. The molecular formula is C19H25N. The van der Waals surface area contributed by atoms with E-state index in [0.29, 0.717) is 18.4 Å². The van der Waals surface area contributed by atoms with Gasteiger partial charge in [0.25, 0.3) is 0 Å². The maximum absolute atomic E-state index is 5.98. The molecule has 0 aliphatic carbocycles. The van der Waals surface area contributed by atoms with E-state index in [4.69, 9.17) is 5.73 Å². The molecule has 0 aliphatic rings. The van der Waals surface area contributed by atoms with E-state index in [9.17, 15) is 0 Å². The van der Waals surface area contributed by atoms with E-state index >= 15 is 0 Å². The first kappa shape index (κ1) is 14.8. The Kier molecular flexibility index (Phi) is 4.97. The van der Waals surface area contributed by atoms with Crippen LogP contribution in [0.1, 0.15) is 47.9 Å². The zero-order valence-electron chi connectivity index (χ0n) is 12.8. The van der Waals surface area contributed by atoms with E-state index < -0.39 is 0 Å². The fourth-order valence-corrected chi connectivity index (χ4v) is 2.58. The molecule has 0 heterocycles. The third kappa shape index (κ3) is 3.71. The van der Waals surface area contributed by atoms with E-state index in [1.54, 1.807) is 0 Å². The van der Waals surface area contributed by atoms with Gasteiger partial charge in [0.05, 0.1) is 0 Å². The third-order valence-corrected chi connectivity index (χ3v) is 3.93. The number of hydrogen-bond donors (Lipinski definition) is 1. The summed E-state index contributed by atoms with van der Waals surface area (Å²) in [5.41, 5.74) is 11.4. The molecule has 20 heavy (non-hydrogen) atoms. The number of benzene rings is 2. The Bertz CT molecular complexity index is 540. The lowest BCUT2D eigenvalue weighted by atomic mass is 9.90. The largest absolute Gasteiger partial charge is 0.330 e. The van der Waals surface area contributed by atoms with Gasteiger partial charge in [-0.2, -0.15) is 0 Å². The number of hydrogen-bond acceptors (Lipinski definition) is 1. The standard InChI is InChI=1S/C19H25N/c1-14(2)17-9-7-16(8-10-17)12-19(13-20)18-6-4-5-15(3)11-18/h4-11,14,19H,12-13,20H2,1-3H3. The van der Waals surface area contributed by atoms with Gasteiger partial charge in [0, 0.05) is 5.92 Å². The normalized spacial score (nSPS) is 12.7. The van der Waals surface area contributed by atoms with Gasteiger partial charge in [0.2, 0.25) is 0 Å². The summed E-state index contributed by atoms with van der Waals surface area (Å²) >= 11 is 0. The van der Waals surface area contributed by atoms with E-state index in [-0.39, 0.29) is 0 Å². The molecule has 0 saturated carbocycles. The van der Waals surface area contributed by atoms with Crippen LogP contribution >= 0.6 is 0 Å². The summed E-state index contributed by atoms with van der Waals surface area (Å²) in [6.45, 7) is 7.28. The Hall–Kier alpha value is -1.60. The highest BCUT2D eigenvalue weighted by atomic mass is 14.5. The van der Waals surface area contributed by atoms with Crippen molar-refractivity contribution in [1.29, 1.82) is 0 Å². The summed E-state index contributed by atoms with van der Waals surface area (Å²) in [6.07, 6.45) is 1.01. The van der Waals surface area contributed by atoms with Crippen molar-refractivity contribution in [2.45, 2.75) is 39.0 Å². The minimum atomic E-state index is 0.403. The van der Waals surface area contributed by atoms with Crippen molar-refractivity contribution in [3.63, 3.8) is 0 Å². The van der Waals surface area contributed by atoms with Crippen LogP contribution in [0.4, 0.5) is 0 Å². The van der Waals surface area contributed by atoms with Crippen LogP contribution in [0.15, 0.2) is 48.5 Å². The van der Waals surface area contributed by atoms with Crippen LogP contribution in [0, 0.1) is 6.92 Å². The quantitative estimate of drug-likeness (QED) is 0.853. The van der Waals surface area contributed by atoms with Gasteiger partial charge in [-0.1, -0.05) is 67.9 Å². The lowest BCUT2D eigenvalue weighted by Crippen LogP contribution is -2.15. The number of rotatable bonds is 5. The summed E-state index contributed by atoms with van der Waals surface area (Å²) < 4.78 is 0. The van der Waals surface area contributed by atoms with Crippen molar-refractivity contribution in [1.82, 2.24) is 0 Å². The van der Waals surface area contributed by atoms with Gasteiger partial charge in [-0.05, 0) is 42.5 Å². The summed E-state index contributed by atoms with van der Waals surface area (Å²) in [6, 6.07) is 17.7. The molecule has 106 valence electrons. The van der Waals surface area contributed by atoms with Gasteiger partial charge in [0.1, 0.15) is 0 Å². The monoisotopic (exact) mass is 267 g/mol. The van der Waals surface area contributed by atoms with Crippen LogP contribution in [-0.4, -0.2) is 6.54 Å². The molecule has 0 aromatic heterocycles. The highest BCUT2D eigenvalue weighted by Gasteiger charge is 2.11. The molecule has 2 aromatic carbocycles. The van der Waals surface area contributed by atoms with Crippen LogP contribution in [0.5, 0.6) is 0 Å². The van der Waals surface area contributed by atoms with Crippen molar-refractivity contribution in [3.05, 3.63) is 70.8 Å². The zero-order chi connectivity index (χ0) is 14.5. The highest BCUT2D eigenvalue weighted by molar-refractivity contribution is 5.30. The van der Waals surface area contributed by atoms with Crippen LogP contribution in [0.25, 0.3) is 0 Å². The molecule has 1 nitrogen and oxygen atoms in total.